The number of benzene rings is 1. The highest BCUT2D eigenvalue weighted by Crippen LogP contribution is 2.20. The van der Waals surface area contributed by atoms with E-state index in [1.54, 1.807) is 0 Å². The first-order chi connectivity index (χ1) is 9.15. The Kier molecular flexibility index (Phi) is 4.95. The summed E-state index contributed by atoms with van der Waals surface area (Å²) < 4.78 is 3.07. The van der Waals surface area contributed by atoms with Crippen molar-refractivity contribution in [3.05, 3.63) is 40.2 Å². The van der Waals surface area contributed by atoms with E-state index in [4.69, 9.17) is 5.11 Å². The fourth-order valence-corrected chi connectivity index (χ4v) is 2.40. The number of carboxylic acid groups (broad SMARTS) is 1. The highest BCUT2D eigenvalue weighted by atomic mass is 127. The van der Waals surface area contributed by atoms with Gasteiger partial charge in [0.25, 0.3) is 0 Å². The topological polar surface area (TPSA) is 55.1 Å². The number of aromatic nitrogens is 2. The molecule has 2 aromatic rings. The zero-order valence-electron chi connectivity index (χ0n) is 10.4. The third-order valence-corrected chi connectivity index (χ3v) is 3.49. The molecule has 19 heavy (non-hydrogen) atoms. The zero-order chi connectivity index (χ0) is 13.7. The number of hydrogen-bond donors (Lipinski definition) is 1. The summed E-state index contributed by atoms with van der Waals surface area (Å²) in [6.45, 7) is 0.761. The van der Waals surface area contributed by atoms with Crippen LogP contribution in [0.15, 0.2) is 36.7 Å². The lowest BCUT2D eigenvalue weighted by Crippen LogP contribution is -2.00. The van der Waals surface area contributed by atoms with Crippen LogP contribution in [0.2, 0.25) is 0 Å². The van der Waals surface area contributed by atoms with Crippen LogP contribution in [0.1, 0.15) is 19.3 Å². The minimum absolute atomic E-state index is 0.227. The molecular formula is C14H15IN2O2. The number of nitrogens with zero attached hydrogens (tertiary/aromatic N) is 2. The molecule has 1 N–H and O–H groups in total. The van der Waals surface area contributed by atoms with Gasteiger partial charge >= 0.3 is 5.97 Å². The predicted octanol–water partition coefficient (Wildman–Crippen LogP) is 3.41. The molecule has 0 spiro atoms. The number of carboxylic acids is 1. The van der Waals surface area contributed by atoms with E-state index in [0.717, 1.165) is 24.1 Å². The van der Waals surface area contributed by atoms with E-state index in [1.165, 1.54) is 3.57 Å². The number of aliphatic carboxylic acids is 1. The van der Waals surface area contributed by atoms with Gasteiger partial charge in [-0.1, -0.05) is 12.1 Å². The standard InChI is InChI=1S/C14H15IN2O2/c15-13-5-3-4-11(8-13)12-9-16-17(10-12)7-2-1-6-14(18)19/h3-5,8-10H,1-2,6-7H2,(H,18,19). The molecule has 1 aromatic carbocycles. The van der Waals surface area contributed by atoms with Gasteiger partial charge in [0.2, 0.25) is 0 Å². The Balaban J connectivity index is 1.94. The van der Waals surface area contributed by atoms with Crippen molar-refractivity contribution in [2.45, 2.75) is 25.8 Å². The van der Waals surface area contributed by atoms with E-state index in [-0.39, 0.29) is 6.42 Å². The quantitative estimate of drug-likeness (QED) is 0.626. The van der Waals surface area contributed by atoms with Gasteiger partial charge in [0.1, 0.15) is 0 Å². The van der Waals surface area contributed by atoms with Gasteiger partial charge in [-0.15, -0.1) is 0 Å². The van der Waals surface area contributed by atoms with E-state index in [0.29, 0.717) is 6.42 Å². The first-order valence-electron chi connectivity index (χ1n) is 6.15. The molecule has 0 radical (unpaired) electrons. The monoisotopic (exact) mass is 370 g/mol. The molecule has 100 valence electrons. The second kappa shape index (κ2) is 6.70. The van der Waals surface area contributed by atoms with Gasteiger partial charge in [-0.3, -0.25) is 9.48 Å². The lowest BCUT2D eigenvalue weighted by molar-refractivity contribution is -0.137. The summed E-state index contributed by atoms with van der Waals surface area (Å²) in [6, 6.07) is 8.27. The van der Waals surface area contributed by atoms with E-state index in [2.05, 4.69) is 45.9 Å². The Morgan fingerprint density at radius 2 is 2.16 bits per heavy atom. The summed E-state index contributed by atoms with van der Waals surface area (Å²) in [4.78, 5) is 10.4. The number of rotatable bonds is 6. The predicted molar refractivity (Wildman–Crippen MR) is 81.9 cm³/mol. The van der Waals surface area contributed by atoms with E-state index in [1.807, 2.05) is 23.1 Å². The molecule has 0 bridgehead atoms. The minimum atomic E-state index is -0.736. The largest absolute Gasteiger partial charge is 0.481 e. The van der Waals surface area contributed by atoms with Crippen molar-refractivity contribution in [2.75, 3.05) is 0 Å². The average Bonchev–Trinajstić information content (AvgIpc) is 2.83. The summed E-state index contributed by atoms with van der Waals surface area (Å²) in [5, 5.41) is 12.9. The molecular weight excluding hydrogens is 355 g/mol. The normalized spacial score (nSPS) is 10.6. The molecule has 2 rings (SSSR count). The van der Waals surface area contributed by atoms with E-state index >= 15 is 0 Å². The van der Waals surface area contributed by atoms with Crippen LogP contribution < -0.4 is 0 Å². The SMILES string of the molecule is O=C(O)CCCCn1cc(-c2cccc(I)c2)cn1. The number of aryl methyl sites for hydroxylation is 1. The second-order valence-corrected chi connectivity index (χ2v) is 5.60. The molecule has 0 aliphatic carbocycles. The van der Waals surface area contributed by atoms with Gasteiger partial charge in [-0.05, 0) is 53.1 Å². The summed E-state index contributed by atoms with van der Waals surface area (Å²) in [5.74, 6) is -0.736. The third-order valence-electron chi connectivity index (χ3n) is 2.82. The van der Waals surface area contributed by atoms with Crippen molar-refractivity contribution in [3.8, 4) is 11.1 Å². The van der Waals surface area contributed by atoms with E-state index < -0.39 is 5.97 Å². The average molecular weight is 370 g/mol. The fraction of sp³-hybridized carbons (Fsp3) is 0.286. The van der Waals surface area contributed by atoms with Gasteiger partial charge in [0.05, 0.1) is 6.20 Å². The highest BCUT2D eigenvalue weighted by molar-refractivity contribution is 14.1. The van der Waals surface area contributed by atoms with Gasteiger partial charge in [-0.2, -0.15) is 5.10 Å². The van der Waals surface area contributed by atoms with Crippen LogP contribution in [0.25, 0.3) is 11.1 Å². The lowest BCUT2D eigenvalue weighted by Gasteiger charge is -2.00. The fourth-order valence-electron chi connectivity index (χ4n) is 1.85. The van der Waals surface area contributed by atoms with Crippen molar-refractivity contribution in [1.29, 1.82) is 0 Å². The van der Waals surface area contributed by atoms with Gasteiger partial charge in [0.15, 0.2) is 0 Å². The Labute approximate surface area is 125 Å². The maximum absolute atomic E-state index is 10.4. The number of hydrogen-bond acceptors (Lipinski definition) is 2. The maximum Gasteiger partial charge on any atom is 0.303 e. The van der Waals surface area contributed by atoms with Gasteiger partial charge in [0, 0.05) is 28.3 Å². The van der Waals surface area contributed by atoms with Gasteiger partial charge in [-0.25, -0.2) is 0 Å². The molecule has 0 aliphatic rings. The van der Waals surface area contributed by atoms with Gasteiger partial charge < -0.3 is 5.11 Å². The Morgan fingerprint density at radius 1 is 1.32 bits per heavy atom. The first kappa shape index (κ1) is 14.0. The Bertz CT molecular complexity index is 566. The van der Waals surface area contributed by atoms with Crippen LogP contribution in [-0.4, -0.2) is 20.9 Å². The van der Waals surface area contributed by atoms with Crippen molar-refractivity contribution >= 4 is 28.6 Å². The van der Waals surface area contributed by atoms with Crippen molar-refractivity contribution in [2.24, 2.45) is 0 Å². The van der Waals surface area contributed by atoms with Crippen molar-refractivity contribution in [3.63, 3.8) is 0 Å². The van der Waals surface area contributed by atoms with Crippen LogP contribution in [0.4, 0.5) is 0 Å². The molecule has 0 fully saturated rings. The smallest absolute Gasteiger partial charge is 0.303 e. The molecule has 0 amide bonds. The third kappa shape index (κ3) is 4.34. The summed E-state index contributed by atoms with van der Waals surface area (Å²) >= 11 is 2.29. The molecule has 4 nitrogen and oxygen atoms in total. The maximum atomic E-state index is 10.4. The Morgan fingerprint density at radius 3 is 2.89 bits per heavy atom. The molecule has 5 heteroatoms. The summed E-state index contributed by atoms with van der Waals surface area (Å²) in [7, 11) is 0. The number of carbonyl (C=O) groups is 1. The molecule has 0 saturated heterocycles. The minimum Gasteiger partial charge on any atom is -0.481 e. The summed E-state index contributed by atoms with van der Waals surface area (Å²) in [5.41, 5.74) is 2.25. The molecule has 1 heterocycles. The van der Waals surface area contributed by atoms with Crippen LogP contribution in [0.3, 0.4) is 0 Å². The lowest BCUT2D eigenvalue weighted by atomic mass is 10.1. The number of halogens is 1. The number of unbranched alkanes of at least 4 members (excludes halogenated alkanes) is 1. The molecule has 0 saturated carbocycles. The molecule has 0 aliphatic heterocycles. The van der Waals surface area contributed by atoms with E-state index in [9.17, 15) is 4.79 Å². The molecule has 0 atom stereocenters. The van der Waals surface area contributed by atoms with Crippen molar-refractivity contribution < 1.29 is 9.90 Å². The van der Waals surface area contributed by atoms with Crippen LogP contribution >= 0.6 is 22.6 Å². The van der Waals surface area contributed by atoms with Crippen LogP contribution in [-0.2, 0) is 11.3 Å². The second-order valence-electron chi connectivity index (χ2n) is 4.35. The van der Waals surface area contributed by atoms with Crippen LogP contribution in [0.5, 0.6) is 0 Å². The van der Waals surface area contributed by atoms with Crippen molar-refractivity contribution in [1.82, 2.24) is 9.78 Å². The summed E-state index contributed by atoms with van der Waals surface area (Å²) in [6.07, 6.45) is 5.60. The first-order valence-corrected chi connectivity index (χ1v) is 7.23. The molecule has 1 aromatic heterocycles. The zero-order valence-corrected chi connectivity index (χ0v) is 12.6. The highest BCUT2D eigenvalue weighted by Gasteiger charge is 2.03. The van der Waals surface area contributed by atoms with Crippen LogP contribution in [0, 0.1) is 3.57 Å². The molecule has 0 unspecified atom stereocenters. The Hall–Kier alpha value is -1.37.